The van der Waals surface area contributed by atoms with Crippen molar-refractivity contribution in [3.05, 3.63) is 27.7 Å². The number of hydrogen-bond donors (Lipinski definition) is 1. The number of fused-ring (bicyclic) bond motifs is 1. The van der Waals surface area contributed by atoms with Crippen LogP contribution >= 0.6 is 22.6 Å². The predicted molar refractivity (Wildman–Crippen MR) is 60.2 cm³/mol. The fourth-order valence-corrected chi connectivity index (χ4v) is 1.89. The molecule has 0 spiro atoms. The minimum Gasteiger partial charge on any atom is -0.465 e. The van der Waals surface area contributed by atoms with Gasteiger partial charge in [0, 0.05) is 11.6 Å². The van der Waals surface area contributed by atoms with Crippen LogP contribution < -0.4 is 0 Å². The van der Waals surface area contributed by atoms with Crippen LogP contribution in [0.4, 0.5) is 0 Å². The highest BCUT2D eigenvalue weighted by atomic mass is 127. The number of H-pyrrole nitrogens is 1. The van der Waals surface area contributed by atoms with Crippen LogP contribution in [0.3, 0.4) is 0 Å². The quantitative estimate of drug-likeness (QED) is 0.647. The minimum absolute atomic E-state index is 0.363. The molecule has 0 saturated carbocycles. The summed E-state index contributed by atoms with van der Waals surface area (Å²) in [4.78, 5) is 18.4. The van der Waals surface area contributed by atoms with E-state index in [-0.39, 0.29) is 5.97 Å². The number of carbonyl (C=O) groups is 1. The van der Waals surface area contributed by atoms with E-state index in [2.05, 4.69) is 37.3 Å². The molecule has 0 atom stereocenters. The standard InChI is InChI=1S/C9H7IN2O2/c1-14-9(13)6-3-11-4-7-5(6)2-8(10)12-7/h2-4,12H,1H3. The van der Waals surface area contributed by atoms with Gasteiger partial charge in [-0.3, -0.25) is 4.98 Å². The molecule has 0 aromatic carbocycles. The zero-order valence-corrected chi connectivity index (χ0v) is 9.53. The number of hydrogen-bond acceptors (Lipinski definition) is 3. The first-order chi connectivity index (χ1) is 6.72. The number of ether oxygens (including phenoxy) is 1. The Morgan fingerprint density at radius 1 is 1.57 bits per heavy atom. The third kappa shape index (κ3) is 1.47. The first-order valence-corrected chi connectivity index (χ1v) is 5.01. The van der Waals surface area contributed by atoms with Gasteiger partial charge in [-0.1, -0.05) is 0 Å². The van der Waals surface area contributed by atoms with Crippen LogP contribution in [0.5, 0.6) is 0 Å². The SMILES string of the molecule is COC(=O)c1cncc2[nH]c(I)cc12. The predicted octanol–water partition coefficient (Wildman–Crippen LogP) is 1.95. The molecule has 2 rings (SSSR count). The van der Waals surface area contributed by atoms with Gasteiger partial charge < -0.3 is 9.72 Å². The number of nitrogens with zero attached hydrogens (tertiary/aromatic N) is 1. The average Bonchev–Trinajstić information content (AvgIpc) is 2.56. The number of methoxy groups -OCH3 is 1. The Balaban J connectivity index is 2.70. The molecular weight excluding hydrogens is 295 g/mol. The smallest absolute Gasteiger partial charge is 0.340 e. The molecule has 2 aromatic heterocycles. The molecule has 5 heteroatoms. The molecule has 0 unspecified atom stereocenters. The Hall–Kier alpha value is -1.11. The second-order valence-electron chi connectivity index (χ2n) is 2.76. The van der Waals surface area contributed by atoms with Gasteiger partial charge in [-0.05, 0) is 28.7 Å². The monoisotopic (exact) mass is 302 g/mol. The molecule has 0 aliphatic heterocycles. The summed E-state index contributed by atoms with van der Waals surface area (Å²) in [5.41, 5.74) is 1.33. The van der Waals surface area contributed by atoms with Crippen molar-refractivity contribution in [1.82, 2.24) is 9.97 Å². The summed E-state index contributed by atoms with van der Waals surface area (Å²) in [6.45, 7) is 0. The molecule has 1 N–H and O–H groups in total. The summed E-state index contributed by atoms with van der Waals surface area (Å²) < 4.78 is 5.63. The molecule has 4 nitrogen and oxygen atoms in total. The van der Waals surface area contributed by atoms with Crippen molar-refractivity contribution < 1.29 is 9.53 Å². The van der Waals surface area contributed by atoms with E-state index in [4.69, 9.17) is 0 Å². The number of esters is 1. The van der Waals surface area contributed by atoms with Crippen LogP contribution in [-0.4, -0.2) is 23.0 Å². The third-order valence-corrected chi connectivity index (χ3v) is 2.50. The van der Waals surface area contributed by atoms with Crippen LogP contribution in [0.1, 0.15) is 10.4 Å². The van der Waals surface area contributed by atoms with E-state index in [1.807, 2.05) is 6.07 Å². The highest BCUT2D eigenvalue weighted by Crippen LogP contribution is 2.20. The lowest BCUT2D eigenvalue weighted by Gasteiger charge is -1.98. The second kappa shape index (κ2) is 3.56. The van der Waals surface area contributed by atoms with E-state index in [0.717, 1.165) is 14.6 Å². The number of rotatable bonds is 1. The lowest BCUT2D eigenvalue weighted by Crippen LogP contribution is -2.01. The molecule has 2 heterocycles. The van der Waals surface area contributed by atoms with Crippen LogP contribution in [0, 0.1) is 3.70 Å². The van der Waals surface area contributed by atoms with E-state index in [0.29, 0.717) is 5.56 Å². The fourth-order valence-electron chi connectivity index (χ4n) is 1.29. The van der Waals surface area contributed by atoms with Crippen molar-refractivity contribution in [2.75, 3.05) is 7.11 Å². The average molecular weight is 302 g/mol. The number of carbonyl (C=O) groups excluding carboxylic acids is 1. The minimum atomic E-state index is -0.363. The Kier molecular flexibility index (Phi) is 2.40. The molecule has 0 amide bonds. The zero-order chi connectivity index (χ0) is 10.1. The summed E-state index contributed by atoms with van der Waals surface area (Å²) in [5, 5.41) is 0.844. The fraction of sp³-hybridized carbons (Fsp3) is 0.111. The van der Waals surface area contributed by atoms with Gasteiger partial charge in [0.1, 0.15) is 0 Å². The topological polar surface area (TPSA) is 55.0 Å². The van der Waals surface area contributed by atoms with E-state index in [9.17, 15) is 4.79 Å². The summed E-state index contributed by atoms with van der Waals surface area (Å²) >= 11 is 2.15. The van der Waals surface area contributed by atoms with Gasteiger partial charge in [-0.15, -0.1) is 0 Å². The Labute approximate surface area is 93.8 Å². The van der Waals surface area contributed by atoms with Gasteiger partial charge in [-0.25, -0.2) is 4.79 Å². The van der Waals surface area contributed by atoms with Crippen LogP contribution in [-0.2, 0) is 4.74 Å². The highest BCUT2D eigenvalue weighted by molar-refractivity contribution is 14.1. The second-order valence-corrected chi connectivity index (χ2v) is 3.92. The molecule has 0 aliphatic rings. The van der Waals surface area contributed by atoms with Crippen LogP contribution in [0.25, 0.3) is 10.9 Å². The molecule has 72 valence electrons. The number of nitrogens with one attached hydrogen (secondary N) is 1. The Morgan fingerprint density at radius 2 is 2.36 bits per heavy atom. The Morgan fingerprint density at radius 3 is 3.07 bits per heavy atom. The van der Waals surface area contributed by atoms with Crippen molar-refractivity contribution in [1.29, 1.82) is 0 Å². The maximum atomic E-state index is 11.4. The summed E-state index contributed by atoms with van der Waals surface area (Å²) in [6, 6.07) is 1.89. The lowest BCUT2D eigenvalue weighted by atomic mass is 10.2. The van der Waals surface area contributed by atoms with Crippen molar-refractivity contribution in [3.63, 3.8) is 0 Å². The van der Waals surface area contributed by atoms with Crippen molar-refractivity contribution in [2.45, 2.75) is 0 Å². The zero-order valence-electron chi connectivity index (χ0n) is 7.37. The summed E-state index contributed by atoms with van der Waals surface area (Å²) in [7, 11) is 1.36. The van der Waals surface area contributed by atoms with Crippen molar-refractivity contribution in [2.24, 2.45) is 0 Å². The Bertz CT molecular complexity index is 493. The summed E-state index contributed by atoms with van der Waals surface area (Å²) in [6.07, 6.45) is 3.20. The molecule has 0 saturated heterocycles. The first kappa shape index (κ1) is 9.45. The van der Waals surface area contributed by atoms with Gasteiger partial charge >= 0.3 is 5.97 Å². The molecular formula is C9H7IN2O2. The van der Waals surface area contributed by atoms with Crippen molar-refractivity contribution in [3.8, 4) is 0 Å². The lowest BCUT2D eigenvalue weighted by molar-refractivity contribution is 0.0602. The van der Waals surface area contributed by atoms with Gasteiger partial charge in [0.15, 0.2) is 0 Å². The first-order valence-electron chi connectivity index (χ1n) is 3.93. The third-order valence-electron chi connectivity index (χ3n) is 1.92. The number of aromatic amines is 1. The maximum absolute atomic E-state index is 11.4. The van der Waals surface area contributed by atoms with Gasteiger partial charge in [0.05, 0.1) is 28.1 Å². The van der Waals surface area contributed by atoms with Gasteiger partial charge in [0.2, 0.25) is 0 Å². The molecule has 0 radical (unpaired) electrons. The van der Waals surface area contributed by atoms with E-state index < -0.39 is 0 Å². The highest BCUT2D eigenvalue weighted by Gasteiger charge is 2.11. The normalized spacial score (nSPS) is 10.4. The van der Waals surface area contributed by atoms with E-state index in [1.165, 1.54) is 13.3 Å². The van der Waals surface area contributed by atoms with Gasteiger partial charge in [0.25, 0.3) is 0 Å². The maximum Gasteiger partial charge on any atom is 0.340 e. The molecule has 14 heavy (non-hydrogen) atoms. The number of aromatic nitrogens is 2. The van der Waals surface area contributed by atoms with Gasteiger partial charge in [-0.2, -0.15) is 0 Å². The van der Waals surface area contributed by atoms with Crippen LogP contribution in [0.15, 0.2) is 18.5 Å². The van der Waals surface area contributed by atoms with Crippen LogP contribution in [0.2, 0.25) is 0 Å². The molecule has 0 bridgehead atoms. The largest absolute Gasteiger partial charge is 0.465 e. The number of halogens is 1. The molecule has 0 fully saturated rings. The summed E-state index contributed by atoms with van der Waals surface area (Å²) in [5.74, 6) is -0.363. The molecule has 0 aliphatic carbocycles. The number of pyridine rings is 1. The van der Waals surface area contributed by atoms with E-state index in [1.54, 1.807) is 6.20 Å². The molecule has 2 aromatic rings. The van der Waals surface area contributed by atoms with Crippen molar-refractivity contribution >= 4 is 39.5 Å². The van der Waals surface area contributed by atoms with E-state index >= 15 is 0 Å².